The summed E-state index contributed by atoms with van der Waals surface area (Å²) >= 11 is 12.3. The average Bonchev–Trinajstić information content (AvgIpc) is 3.35. The van der Waals surface area contributed by atoms with Crippen LogP contribution >= 0.6 is 23.2 Å². The third kappa shape index (κ3) is 7.33. The van der Waals surface area contributed by atoms with E-state index in [1.54, 1.807) is 71.0 Å². The Bertz CT molecular complexity index is 1650. The Morgan fingerprint density at radius 1 is 1.08 bits per heavy atom. The molecule has 2 N–H and O–H groups in total. The van der Waals surface area contributed by atoms with Gasteiger partial charge >= 0.3 is 5.89 Å². The summed E-state index contributed by atoms with van der Waals surface area (Å²) in [6, 6.07) is 10.2. The summed E-state index contributed by atoms with van der Waals surface area (Å²) in [5.74, 6) is 0.942. The van der Waals surface area contributed by atoms with Crippen molar-refractivity contribution in [2.45, 2.75) is 38.0 Å². The normalized spacial score (nSPS) is 15.8. The second-order valence-corrected chi connectivity index (χ2v) is 13.0. The predicted octanol–water partition coefficient (Wildman–Crippen LogP) is 5.12. The van der Waals surface area contributed by atoms with E-state index in [4.69, 9.17) is 36.9 Å². The molecule has 0 fully saturated rings. The zero-order valence-electron chi connectivity index (χ0n) is 20.8. The van der Waals surface area contributed by atoms with Gasteiger partial charge in [-0.15, -0.1) is 0 Å². The van der Waals surface area contributed by atoms with Crippen molar-refractivity contribution in [2.75, 3.05) is 17.2 Å². The molecule has 0 aliphatic carbocycles. The molecule has 0 saturated heterocycles. The second kappa shape index (κ2) is 11.9. The topological polar surface area (TPSA) is 138 Å². The van der Waals surface area contributed by atoms with Crippen LogP contribution in [0.15, 0.2) is 58.9 Å². The minimum Gasteiger partial charge on any atom is -0.439 e. The van der Waals surface area contributed by atoms with Gasteiger partial charge in [-0.2, -0.15) is 21.4 Å². The third-order valence-electron chi connectivity index (χ3n) is 6.20. The first kappa shape index (κ1) is 29.4. The number of allylic oxidation sites excluding steroid dienone is 2. The number of oxazole rings is 1. The lowest BCUT2D eigenvalue weighted by molar-refractivity contribution is -0.677. The van der Waals surface area contributed by atoms with Crippen LogP contribution in [0.1, 0.15) is 32.1 Å². The molecule has 0 bridgehead atoms. The fourth-order valence-electron chi connectivity index (χ4n) is 4.31. The SMILES string of the molecule is CCC(CCN1C(=CC=Cc2oc3ccc(Cl)cc3[n+]2CCCS(=O)(=O)O)Oc2ccc(Cl)cc21)S(=O)(=O)O. The van der Waals surface area contributed by atoms with Gasteiger partial charge < -0.3 is 14.1 Å². The number of rotatable bonds is 11. The molecule has 1 aromatic heterocycles. The Kier molecular flexibility index (Phi) is 8.94. The van der Waals surface area contributed by atoms with Gasteiger partial charge in [0.1, 0.15) is 0 Å². The molecule has 1 aliphatic rings. The van der Waals surface area contributed by atoms with E-state index < -0.39 is 31.2 Å². The lowest BCUT2D eigenvalue weighted by Crippen LogP contribution is -2.36. The Hall–Kier alpha value is -2.61. The van der Waals surface area contributed by atoms with Crippen LogP contribution in [0.5, 0.6) is 5.75 Å². The third-order valence-corrected chi connectivity index (χ3v) is 8.88. The van der Waals surface area contributed by atoms with Gasteiger partial charge in [-0.3, -0.25) is 9.11 Å². The number of aryl methyl sites for hydroxylation is 1. The molecule has 0 amide bonds. The van der Waals surface area contributed by atoms with Gasteiger partial charge in [0.15, 0.2) is 12.3 Å². The van der Waals surface area contributed by atoms with Gasteiger partial charge in [-0.05, 0) is 55.3 Å². The van der Waals surface area contributed by atoms with Crippen molar-refractivity contribution in [3.8, 4) is 5.75 Å². The Labute approximate surface area is 236 Å². The first-order chi connectivity index (χ1) is 18.4. The number of anilines is 1. The zero-order chi connectivity index (χ0) is 28.4. The summed E-state index contributed by atoms with van der Waals surface area (Å²) in [6.07, 6.45) is 5.57. The standard InChI is InChI=1S/C25H26Cl2N2O8S2/c1-2-19(39(33,34)35)11-13-29-21-16-18(27)8-10-23(21)37-25(29)6-3-5-24-28(12-4-14-38(30,31)32)20-15-17(26)7-9-22(20)36-24/h3,5-10,15-16,19H,2,4,11-14H2,1H3,(H-,30,31,32,33,34,35)/p+1. The highest BCUT2D eigenvalue weighted by Crippen LogP contribution is 2.41. The molecule has 2 aromatic carbocycles. The van der Waals surface area contributed by atoms with Crippen LogP contribution in [0.4, 0.5) is 5.69 Å². The van der Waals surface area contributed by atoms with E-state index in [0.29, 0.717) is 44.4 Å². The summed E-state index contributed by atoms with van der Waals surface area (Å²) in [4.78, 5) is 1.78. The predicted molar refractivity (Wildman–Crippen MR) is 149 cm³/mol. The van der Waals surface area contributed by atoms with Gasteiger partial charge in [0, 0.05) is 29.1 Å². The number of nitrogens with zero attached hydrogens (tertiary/aromatic N) is 2. The molecule has 14 heteroatoms. The van der Waals surface area contributed by atoms with Crippen LogP contribution in [0.2, 0.25) is 10.0 Å². The lowest BCUT2D eigenvalue weighted by Gasteiger charge is -2.20. The molecule has 10 nitrogen and oxygen atoms in total. The highest BCUT2D eigenvalue weighted by molar-refractivity contribution is 7.86. The highest BCUT2D eigenvalue weighted by atomic mass is 35.5. The zero-order valence-corrected chi connectivity index (χ0v) is 24.0. The van der Waals surface area contributed by atoms with Crippen molar-refractivity contribution >= 4 is 66.3 Å². The average molecular weight is 619 g/mol. The van der Waals surface area contributed by atoms with Crippen LogP contribution in [0.3, 0.4) is 0 Å². The van der Waals surface area contributed by atoms with Crippen molar-refractivity contribution in [3.05, 3.63) is 70.4 Å². The van der Waals surface area contributed by atoms with Gasteiger partial charge in [0.25, 0.3) is 25.8 Å². The van der Waals surface area contributed by atoms with Crippen LogP contribution in [0.25, 0.3) is 17.2 Å². The summed E-state index contributed by atoms with van der Waals surface area (Å²) in [7, 11) is -8.33. The van der Waals surface area contributed by atoms with Crippen molar-refractivity contribution in [1.82, 2.24) is 0 Å². The first-order valence-electron chi connectivity index (χ1n) is 12.0. The molecule has 2 heterocycles. The molecule has 0 spiro atoms. The fourth-order valence-corrected chi connectivity index (χ4v) is 5.96. The molecule has 0 radical (unpaired) electrons. The number of hydrogen-bond acceptors (Lipinski definition) is 7. The van der Waals surface area contributed by atoms with Crippen molar-refractivity contribution in [3.63, 3.8) is 0 Å². The molecule has 1 atom stereocenters. The Morgan fingerprint density at radius 3 is 2.49 bits per heavy atom. The first-order valence-corrected chi connectivity index (χ1v) is 15.9. The van der Waals surface area contributed by atoms with Crippen molar-refractivity contribution < 1.29 is 39.7 Å². The van der Waals surface area contributed by atoms with Crippen LogP contribution in [0, 0.1) is 0 Å². The van der Waals surface area contributed by atoms with Gasteiger partial charge in [0.05, 0.1) is 22.8 Å². The fraction of sp³-hybridized carbons (Fsp3) is 0.320. The maximum atomic E-state index is 11.7. The molecule has 4 rings (SSSR count). The number of fused-ring (bicyclic) bond motifs is 2. The summed E-state index contributed by atoms with van der Waals surface area (Å²) in [6.45, 7) is 2.17. The number of benzene rings is 2. The maximum absolute atomic E-state index is 11.7. The maximum Gasteiger partial charge on any atom is 0.374 e. The van der Waals surface area contributed by atoms with Crippen molar-refractivity contribution in [1.29, 1.82) is 0 Å². The van der Waals surface area contributed by atoms with E-state index >= 15 is 0 Å². The summed E-state index contributed by atoms with van der Waals surface area (Å²) < 4.78 is 78.2. The molecule has 1 aliphatic heterocycles. The quantitative estimate of drug-likeness (QED) is 0.222. The Morgan fingerprint density at radius 2 is 1.79 bits per heavy atom. The largest absolute Gasteiger partial charge is 0.439 e. The molecule has 1 unspecified atom stereocenters. The minimum atomic E-state index is -4.21. The summed E-state index contributed by atoms with van der Waals surface area (Å²) in [5.41, 5.74) is 1.85. The number of ether oxygens (including phenoxy) is 1. The van der Waals surface area contributed by atoms with E-state index in [9.17, 15) is 21.4 Å². The molecule has 210 valence electrons. The number of aromatic nitrogens is 1. The number of hydrogen-bond donors (Lipinski definition) is 2. The van der Waals surface area contributed by atoms with E-state index in [-0.39, 0.29) is 32.4 Å². The van der Waals surface area contributed by atoms with E-state index in [0.717, 1.165) is 0 Å². The van der Waals surface area contributed by atoms with E-state index in [2.05, 4.69) is 0 Å². The molecule has 39 heavy (non-hydrogen) atoms. The smallest absolute Gasteiger partial charge is 0.374 e. The van der Waals surface area contributed by atoms with E-state index in [1.165, 1.54) is 0 Å². The second-order valence-electron chi connectivity index (χ2n) is 8.91. The van der Waals surface area contributed by atoms with Crippen molar-refractivity contribution in [2.24, 2.45) is 0 Å². The molecule has 3 aromatic rings. The lowest BCUT2D eigenvalue weighted by atomic mass is 10.2. The van der Waals surface area contributed by atoms with Gasteiger partial charge in [-0.25, -0.2) is 0 Å². The van der Waals surface area contributed by atoms with Crippen LogP contribution < -0.4 is 14.2 Å². The molecular formula is C25H27Cl2N2O8S2+. The highest BCUT2D eigenvalue weighted by Gasteiger charge is 2.29. The van der Waals surface area contributed by atoms with Crippen LogP contribution in [-0.2, 0) is 26.8 Å². The monoisotopic (exact) mass is 617 g/mol. The molecular weight excluding hydrogens is 591 g/mol. The Balaban J connectivity index is 1.63. The minimum absolute atomic E-state index is 0.145. The van der Waals surface area contributed by atoms with Crippen LogP contribution in [-0.4, -0.2) is 43.5 Å². The van der Waals surface area contributed by atoms with E-state index in [1.807, 2.05) is 0 Å². The van der Waals surface area contributed by atoms with Gasteiger partial charge in [-0.1, -0.05) is 30.1 Å². The number of halogens is 2. The molecule has 0 saturated carbocycles. The summed E-state index contributed by atoms with van der Waals surface area (Å²) in [5, 5.41) is 0.0283. The van der Waals surface area contributed by atoms with Gasteiger partial charge in [0.2, 0.25) is 11.5 Å².